The van der Waals surface area contributed by atoms with Gasteiger partial charge in [0.25, 0.3) is 0 Å². The molecule has 194 valence electrons. The van der Waals surface area contributed by atoms with Crippen LogP contribution < -0.4 is 15.5 Å². The van der Waals surface area contributed by atoms with E-state index in [4.69, 9.17) is 32.9 Å². The van der Waals surface area contributed by atoms with Crippen molar-refractivity contribution < 1.29 is 9.53 Å². The number of H-pyrrole nitrogens is 1. The number of alkyl carbamates (subject to hydrolysis) is 1. The highest BCUT2D eigenvalue weighted by atomic mass is 35.5. The lowest BCUT2D eigenvalue weighted by atomic mass is 10.1. The zero-order valence-corrected chi connectivity index (χ0v) is 22.9. The summed E-state index contributed by atoms with van der Waals surface area (Å²) in [6.07, 6.45) is 0.681. The van der Waals surface area contributed by atoms with Gasteiger partial charge in [0.2, 0.25) is 5.95 Å². The van der Waals surface area contributed by atoms with Gasteiger partial charge in [0.1, 0.15) is 5.60 Å². The Balaban J connectivity index is 1.47. The molecule has 0 unspecified atom stereocenters. The van der Waals surface area contributed by atoms with Gasteiger partial charge in [-0.1, -0.05) is 29.3 Å². The molecule has 1 saturated heterocycles. The van der Waals surface area contributed by atoms with E-state index in [0.717, 1.165) is 48.3 Å². The van der Waals surface area contributed by atoms with E-state index in [0.29, 0.717) is 34.1 Å². The van der Waals surface area contributed by atoms with Crippen LogP contribution in [0.25, 0.3) is 11.0 Å². The summed E-state index contributed by atoms with van der Waals surface area (Å²) >= 11 is 13.1. The second-order valence-electron chi connectivity index (χ2n) is 10.6. The largest absolute Gasteiger partial charge is 0.444 e. The number of hydrogen-bond acceptors (Lipinski definition) is 6. The van der Waals surface area contributed by atoms with Crippen molar-refractivity contribution in [1.82, 2.24) is 20.2 Å². The minimum Gasteiger partial charge on any atom is -0.444 e. The molecule has 0 aliphatic carbocycles. The molecule has 8 nitrogen and oxygen atoms in total. The molecule has 2 aromatic carbocycles. The van der Waals surface area contributed by atoms with Crippen LogP contribution in [0.3, 0.4) is 0 Å². The molecular formula is C26H34Cl2N6O2. The number of nitrogens with zero attached hydrogens (tertiary/aromatic N) is 3. The summed E-state index contributed by atoms with van der Waals surface area (Å²) in [7, 11) is 4.22. The number of aromatic amines is 1. The van der Waals surface area contributed by atoms with Gasteiger partial charge in [-0.05, 0) is 77.0 Å². The van der Waals surface area contributed by atoms with Crippen LogP contribution in [-0.4, -0.2) is 60.3 Å². The molecule has 2 heterocycles. The van der Waals surface area contributed by atoms with E-state index >= 15 is 0 Å². The second-order valence-corrected chi connectivity index (χ2v) is 11.4. The van der Waals surface area contributed by atoms with E-state index in [1.807, 2.05) is 45.0 Å². The summed E-state index contributed by atoms with van der Waals surface area (Å²) in [5, 5.41) is 7.27. The van der Waals surface area contributed by atoms with E-state index in [-0.39, 0.29) is 0 Å². The summed E-state index contributed by atoms with van der Waals surface area (Å²) in [6, 6.07) is 9.48. The quantitative estimate of drug-likeness (QED) is 0.344. The maximum atomic E-state index is 12.0. The molecule has 0 radical (unpaired) electrons. The maximum absolute atomic E-state index is 12.0. The van der Waals surface area contributed by atoms with Gasteiger partial charge in [0.15, 0.2) is 0 Å². The molecule has 1 aromatic heterocycles. The molecule has 1 aliphatic heterocycles. The number of imidazole rings is 1. The highest BCUT2D eigenvalue weighted by Gasteiger charge is 2.25. The van der Waals surface area contributed by atoms with Crippen LogP contribution in [0.5, 0.6) is 0 Å². The number of anilines is 3. The Morgan fingerprint density at radius 2 is 2.00 bits per heavy atom. The fourth-order valence-electron chi connectivity index (χ4n) is 4.43. The number of halogens is 2. The van der Waals surface area contributed by atoms with Crippen molar-refractivity contribution >= 4 is 57.7 Å². The average Bonchev–Trinajstić information content (AvgIpc) is 3.38. The normalized spacial score (nSPS) is 16.1. The molecule has 0 saturated carbocycles. The first-order valence-corrected chi connectivity index (χ1v) is 12.8. The van der Waals surface area contributed by atoms with E-state index in [9.17, 15) is 4.79 Å². The Hall–Kier alpha value is -2.68. The SMILES string of the molecule is CN(C)C[C@@H]1CCN(c2cc3nc(Nc4cc(CNC(=O)OC(C)(C)C)ccc4Cl)[nH]c3cc2Cl)C1. The molecule has 36 heavy (non-hydrogen) atoms. The maximum Gasteiger partial charge on any atom is 0.407 e. The van der Waals surface area contributed by atoms with Gasteiger partial charge in [-0.3, -0.25) is 0 Å². The van der Waals surface area contributed by atoms with Crippen LogP contribution in [0.15, 0.2) is 30.3 Å². The minimum atomic E-state index is -0.552. The average molecular weight is 534 g/mol. The third kappa shape index (κ3) is 6.75. The monoisotopic (exact) mass is 532 g/mol. The molecule has 10 heteroatoms. The fourth-order valence-corrected chi connectivity index (χ4v) is 4.88. The minimum absolute atomic E-state index is 0.310. The lowest BCUT2D eigenvalue weighted by Crippen LogP contribution is -2.32. The van der Waals surface area contributed by atoms with Gasteiger partial charge in [0.05, 0.1) is 32.5 Å². The van der Waals surface area contributed by atoms with Crippen molar-refractivity contribution in [3.8, 4) is 0 Å². The van der Waals surface area contributed by atoms with Crippen LogP contribution in [0.2, 0.25) is 10.0 Å². The van der Waals surface area contributed by atoms with Crippen molar-refractivity contribution in [2.45, 2.75) is 39.3 Å². The first kappa shape index (κ1) is 26.4. The summed E-state index contributed by atoms with van der Waals surface area (Å²) in [4.78, 5) is 24.6. The lowest BCUT2D eigenvalue weighted by Gasteiger charge is -2.21. The number of nitrogens with one attached hydrogen (secondary N) is 3. The third-order valence-corrected chi connectivity index (χ3v) is 6.55. The Labute approximate surface area is 222 Å². The molecule has 1 fully saturated rings. The second kappa shape index (κ2) is 10.7. The van der Waals surface area contributed by atoms with Gasteiger partial charge in [-0.2, -0.15) is 0 Å². The topological polar surface area (TPSA) is 85.5 Å². The number of carbonyl (C=O) groups excluding carboxylic acids is 1. The third-order valence-electron chi connectivity index (χ3n) is 5.92. The molecule has 1 aliphatic rings. The molecule has 1 atom stereocenters. The lowest BCUT2D eigenvalue weighted by molar-refractivity contribution is 0.0523. The number of ether oxygens (including phenoxy) is 1. The molecule has 0 bridgehead atoms. The van der Waals surface area contributed by atoms with Gasteiger partial charge >= 0.3 is 6.09 Å². The van der Waals surface area contributed by atoms with E-state index in [1.165, 1.54) is 0 Å². The Morgan fingerprint density at radius 1 is 1.22 bits per heavy atom. The highest BCUT2D eigenvalue weighted by Crippen LogP contribution is 2.35. The van der Waals surface area contributed by atoms with Crippen molar-refractivity contribution in [3.63, 3.8) is 0 Å². The molecule has 3 aromatic rings. The van der Waals surface area contributed by atoms with Gasteiger partial charge in [-0.15, -0.1) is 0 Å². The van der Waals surface area contributed by atoms with Crippen LogP contribution in [-0.2, 0) is 11.3 Å². The highest BCUT2D eigenvalue weighted by molar-refractivity contribution is 6.34. The van der Waals surface area contributed by atoms with Crippen molar-refractivity contribution in [2.24, 2.45) is 5.92 Å². The Bertz CT molecular complexity index is 1240. The zero-order chi connectivity index (χ0) is 26.0. The first-order valence-electron chi connectivity index (χ1n) is 12.1. The van der Waals surface area contributed by atoms with Gasteiger partial charge < -0.3 is 30.2 Å². The van der Waals surface area contributed by atoms with Crippen molar-refractivity contribution in [2.75, 3.05) is 43.9 Å². The van der Waals surface area contributed by atoms with Crippen LogP contribution in [0.1, 0.15) is 32.8 Å². The van der Waals surface area contributed by atoms with Crippen molar-refractivity contribution in [1.29, 1.82) is 0 Å². The smallest absolute Gasteiger partial charge is 0.407 e. The van der Waals surface area contributed by atoms with E-state index < -0.39 is 11.7 Å². The van der Waals surface area contributed by atoms with Gasteiger partial charge in [-0.25, -0.2) is 9.78 Å². The number of aromatic nitrogens is 2. The standard InChI is InChI=1S/C26H34Cl2N6O2/c1-26(2,3)36-25(35)29-13-16-6-7-18(27)20(10-16)30-24-31-21-11-19(28)23(12-22(21)32-24)34-9-8-17(15-34)14-33(4)5/h6-7,10-12,17H,8-9,13-15H2,1-5H3,(H,29,35)(H2,30,31,32)/t17-/m0/s1. The number of amides is 1. The summed E-state index contributed by atoms with van der Waals surface area (Å²) in [5.74, 6) is 1.19. The van der Waals surface area contributed by atoms with Gasteiger partial charge in [0, 0.05) is 26.2 Å². The number of fused-ring (bicyclic) bond motifs is 1. The first-order chi connectivity index (χ1) is 17.0. The molecular weight excluding hydrogens is 499 g/mol. The van der Waals surface area contributed by atoms with Crippen molar-refractivity contribution in [3.05, 3.63) is 45.9 Å². The number of hydrogen-bond donors (Lipinski definition) is 3. The summed E-state index contributed by atoms with van der Waals surface area (Å²) in [5.41, 5.74) is 3.67. The predicted octanol–water partition coefficient (Wildman–Crippen LogP) is 6.03. The molecule has 0 spiro atoms. The Morgan fingerprint density at radius 3 is 2.72 bits per heavy atom. The fraction of sp³-hybridized carbons (Fsp3) is 0.462. The zero-order valence-electron chi connectivity index (χ0n) is 21.4. The van der Waals surface area contributed by atoms with E-state index in [2.05, 4.69) is 39.5 Å². The van der Waals surface area contributed by atoms with Crippen LogP contribution in [0.4, 0.5) is 22.1 Å². The molecule has 1 amide bonds. The molecule has 4 rings (SSSR count). The summed E-state index contributed by atoms with van der Waals surface area (Å²) in [6.45, 7) is 8.83. The Kier molecular flexibility index (Phi) is 7.87. The van der Waals surface area contributed by atoms with Crippen LogP contribution in [0, 0.1) is 5.92 Å². The number of carbonyl (C=O) groups is 1. The summed E-state index contributed by atoms with van der Waals surface area (Å²) < 4.78 is 5.30. The number of rotatable bonds is 7. The number of benzene rings is 2. The van der Waals surface area contributed by atoms with Crippen LogP contribution >= 0.6 is 23.2 Å². The predicted molar refractivity (Wildman–Crippen MR) is 148 cm³/mol. The van der Waals surface area contributed by atoms with E-state index in [1.54, 1.807) is 6.07 Å². The molecule has 3 N–H and O–H groups in total.